The lowest BCUT2D eigenvalue weighted by molar-refractivity contribution is -0.141. The van der Waals surface area contributed by atoms with Gasteiger partial charge in [-0.3, -0.25) is 4.79 Å². The average molecular weight is 159 g/mol. The first-order valence-electron chi connectivity index (χ1n) is 3.19. The van der Waals surface area contributed by atoms with E-state index < -0.39 is 12.0 Å². The van der Waals surface area contributed by atoms with E-state index >= 15 is 0 Å². The summed E-state index contributed by atoms with van der Waals surface area (Å²) in [6, 6.07) is -0.661. The molecule has 1 radical (unpaired) electrons. The summed E-state index contributed by atoms with van der Waals surface area (Å²) in [7, 11) is 2.67. The van der Waals surface area contributed by atoms with E-state index in [-0.39, 0.29) is 6.73 Å². The SMILES string of the molecule is COC(=O)C(N)C[B]OCN. The standard InChI is InChI=1S/C5H12BN2O3/c1-10-5(9)4(8)2-6-11-3-7/h4H,2-3,7-8H2,1H3. The van der Waals surface area contributed by atoms with E-state index in [4.69, 9.17) is 11.5 Å². The van der Waals surface area contributed by atoms with Crippen molar-refractivity contribution in [2.75, 3.05) is 13.8 Å². The quantitative estimate of drug-likeness (QED) is 0.219. The summed E-state index contributed by atoms with van der Waals surface area (Å²) in [5, 5.41) is 0. The van der Waals surface area contributed by atoms with Gasteiger partial charge in [-0.25, -0.2) is 0 Å². The minimum atomic E-state index is -0.661. The zero-order chi connectivity index (χ0) is 8.69. The van der Waals surface area contributed by atoms with Crippen LogP contribution >= 0.6 is 0 Å². The molecule has 0 fully saturated rings. The van der Waals surface area contributed by atoms with Crippen LogP contribution in [0.3, 0.4) is 0 Å². The third-order valence-electron chi connectivity index (χ3n) is 1.07. The maximum atomic E-state index is 10.7. The molecule has 0 aromatic carbocycles. The average Bonchev–Trinajstić information content (AvgIpc) is 2.03. The normalized spacial score (nSPS) is 12.3. The number of carbonyl (C=O) groups excluding carboxylic acids is 1. The Labute approximate surface area is 66.3 Å². The Bertz CT molecular complexity index is 122. The van der Waals surface area contributed by atoms with Crippen molar-refractivity contribution in [3.8, 4) is 0 Å². The molecule has 1 atom stereocenters. The number of carbonyl (C=O) groups is 1. The Morgan fingerprint density at radius 3 is 2.82 bits per heavy atom. The van der Waals surface area contributed by atoms with Crippen LogP contribution in [0.2, 0.25) is 6.32 Å². The molecule has 0 aliphatic carbocycles. The first kappa shape index (κ1) is 10.4. The predicted octanol–water partition coefficient (Wildman–Crippen LogP) is -1.54. The molecule has 0 saturated heterocycles. The van der Waals surface area contributed by atoms with Gasteiger partial charge < -0.3 is 20.9 Å². The fourth-order valence-corrected chi connectivity index (χ4v) is 0.487. The van der Waals surface area contributed by atoms with Gasteiger partial charge in [0.05, 0.1) is 19.9 Å². The minimum Gasteiger partial charge on any atom is -0.468 e. The van der Waals surface area contributed by atoms with E-state index in [1.807, 2.05) is 0 Å². The van der Waals surface area contributed by atoms with Crippen molar-refractivity contribution in [3.05, 3.63) is 0 Å². The van der Waals surface area contributed by atoms with E-state index in [9.17, 15) is 4.79 Å². The molecule has 5 nitrogen and oxygen atoms in total. The molecule has 0 amide bonds. The molecule has 63 valence electrons. The Morgan fingerprint density at radius 1 is 1.73 bits per heavy atom. The second-order valence-corrected chi connectivity index (χ2v) is 1.87. The molecule has 1 unspecified atom stereocenters. The zero-order valence-corrected chi connectivity index (χ0v) is 6.45. The maximum Gasteiger partial charge on any atom is 0.321 e. The molecule has 0 rings (SSSR count). The molecule has 11 heavy (non-hydrogen) atoms. The summed E-state index contributed by atoms with van der Waals surface area (Å²) >= 11 is 0. The summed E-state index contributed by atoms with van der Waals surface area (Å²) in [5.41, 5.74) is 10.4. The molecule has 4 N–H and O–H groups in total. The fourth-order valence-electron chi connectivity index (χ4n) is 0.487. The van der Waals surface area contributed by atoms with Crippen LogP contribution in [0.1, 0.15) is 0 Å². The highest BCUT2D eigenvalue weighted by Gasteiger charge is 2.13. The van der Waals surface area contributed by atoms with Gasteiger partial charge in [0.2, 0.25) is 0 Å². The highest BCUT2D eigenvalue weighted by atomic mass is 16.5. The smallest absolute Gasteiger partial charge is 0.321 e. The molecule has 0 bridgehead atoms. The molecule has 0 aliphatic rings. The highest BCUT2D eigenvalue weighted by Crippen LogP contribution is 1.90. The molecule has 0 aliphatic heterocycles. The minimum absolute atomic E-state index is 0.0912. The lowest BCUT2D eigenvalue weighted by Gasteiger charge is -2.06. The van der Waals surface area contributed by atoms with Crippen LogP contribution < -0.4 is 11.5 Å². The van der Waals surface area contributed by atoms with Gasteiger partial charge in [-0.15, -0.1) is 0 Å². The fraction of sp³-hybridized carbons (Fsp3) is 0.800. The lowest BCUT2D eigenvalue weighted by Crippen LogP contribution is -2.33. The van der Waals surface area contributed by atoms with E-state index in [2.05, 4.69) is 9.39 Å². The van der Waals surface area contributed by atoms with Crippen molar-refractivity contribution >= 4 is 13.5 Å². The summed E-state index contributed by atoms with van der Waals surface area (Å²) < 4.78 is 9.04. The van der Waals surface area contributed by atoms with Crippen LogP contribution in [-0.4, -0.2) is 33.3 Å². The third-order valence-corrected chi connectivity index (χ3v) is 1.07. The van der Waals surface area contributed by atoms with Crippen molar-refractivity contribution in [1.82, 2.24) is 0 Å². The van der Waals surface area contributed by atoms with E-state index in [0.717, 1.165) is 0 Å². The van der Waals surface area contributed by atoms with Gasteiger partial charge >= 0.3 is 5.97 Å². The van der Waals surface area contributed by atoms with Gasteiger partial charge in [0.1, 0.15) is 0 Å². The van der Waals surface area contributed by atoms with Crippen LogP contribution in [0.4, 0.5) is 0 Å². The zero-order valence-electron chi connectivity index (χ0n) is 6.45. The van der Waals surface area contributed by atoms with Crippen molar-refractivity contribution in [2.45, 2.75) is 12.4 Å². The first-order chi connectivity index (χ1) is 5.22. The molecular weight excluding hydrogens is 147 g/mol. The Kier molecular flexibility index (Phi) is 5.82. The monoisotopic (exact) mass is 159 g/mol. The summed E-state index contributed by atoms with van der Waals surface area (Å²) in [6.45, 7) is 0.0912. The van der Waals surface area contributed by atoms with Gasteiger partial charge in [0, 0.05) is 0 Å². The predicted molar refractivity (Wildman–Crippen MR) is 40.7 cm³/mol. The summed E-state index contributed by atoms with van der Waals surface area (Å²) in [6.07, 6.45) is 0.309. The lowest BCUT2D eigenvalue weighted by atomic mass is 9.90. The van der Waals surface area contributed by atoms with E-state index in [1.54, 1.807) is 0 Å². The molecular formula is C5H12BN2O3. The largest absolute Gasteiger partial charge is 0.468 e. The molecule has 0 aromatic heterocycles. The Hall–Kier alpha value is -0.585. The van der Waals surface area contributed by atoms with Crippen molar-refractivity contribution in [1.29, 1.82) is 0 Å². The van der Waals surface area contributed by atoms with Gasteiger partial charge in [-0.1, -0.05) is 0 Å². The second kappa shape index (κ2) is 6.15. The van der Waals surface area contributed by atoms with Crippen molar-refractivity contribution in [2.24, 2.45) is 11.5 Å². The summed E-state index contributed by atoms with van der Waals surface area (Å²) in [5.74, 6) is -0.457. The molecule has 6 heteroatoms. The Morgan fingerprint density at radius 2 is 2.36 bits per heavy atom. The topological polar surface area (TPSA) is 87.6 Å². The molecule has 0 saturated carbocycles. The number of rotatable bonds is 5. The highest BCUT2D eigenvalue weighted by molar-refractivity contribution is 6.28. The van der Waals surface area contributed by atoms with Crippen LogP contribution in [0.5, 0.6) is 0 Å². The summed E-state index contributed by atoms with van der Waals surface area (Å²) in [4.78, 5) is 10.7. The molecule has 0 spiro atoms. The molecule has 0 heterocycles. The van der Waals surface area contributed by atoms with Crippen molar-refractivity contribution < 1.29 is 14.2 Å². The van der Waals surface area contributed by atoms with Gasteiger partial charge in [-0.2, -0.15) is 0 Å². The van der Waals surface area contributed by atoms with Gasteiger partial charge in [0.25, 0.3) is 7.48 Å². The van der Waals surface area contributed by atoms with Crippen LogP contribution in [0.25, 0.3) is 0 Å². The van der Waals surface area contributed by atoms with Crippen LogP contribution in [0, 0.1) is 0 Å². The molecule has 0 aromatic rings. The van der Waals surface area contributed by atoms with E-state index in [1.165, 1.54) is 14.6 Å². The number of esters is 1. The maximum absolute atomic E-state index is 10.7. The van der Waals surface area contributed by atoms with E-state index in [0.29, 0.717) is 6.32 Å². The number of hydrogen-bond acceptors (Lipinski definition) is 5. The van der Waals surface area contributed by atoms with Crippen LogP contribution in [-0.2, 0) is 14.2 Å². The first-order valence-corrected chi connectivity index (χ1v) is 3.19. The third kappa shape index (κ3) is 4.77. The van der Waals surface area contributed by atoms with Gasteiger partial charge in [-0.05, 0) is 6.32 Å². The van der Waals surface area contributed by atoms with Crippen molar-refractivity contribution in [3.63, 3.8) is 0 Å². The van der Waals surface area contributed by atoms with Crippen LogP contribution in [0.15, 0.2) is 0 Å². The number of methoxy groups -OCH3 is 1. The number of hydrogen-bond donors (Lipinski definition) is 2. The number of ether oxygens (including phenoxy) is 1. The number of nitrogens with two attached hydrogens (primary N) is 2. The Balaban J connectivity index is 3.36. The van der Waals surface area contributed by atoms with Gasteiger partial charge in [0.15, 0.2) is 0 Å². The second-order valence-electron chi connectivity index (χ2n) is 1.87.